The molecule has 13 heteroatoms. The molecule has 0 aliphatic carbocycles. The molecule has 4 rings (SSSR count). The number of hydrogen-bond donors (Lipinski definition) is 0. The summed E-state index contributed by atoms with van der Waals surface area (Å²) >= 11 is 0. The second-order valence-corrected chi connectivity index (χ2v) is 10.4. The number of ether oxygens (including phenoxy) is 2. The molecule has 0 bridgehead atoms. The molecule has 2 heterocycles. The van der Waals surface area contributed by atoms with Crippen LogP contribution in [0.15, 0.2) is 46.2 Å². The van der Waals surface area contributed by atoms with Gasteiger partial charge in [-0.3, -0.25) is 4.79 Å². The number of nitrogens with zero attached hydrogens (tertiary/aromatic N) is 2. The van der Waals surface area contributed by atoms with Crippen molar-refractivity contribution in [2.45, 2.75) is 9.79 Å². The summed E-state index contributed by atoms with van der Waals surface area (Å²) in [5.74, 6) is -3.22. The van der Waals surface area contributed by atoms with Crippen molar-refractivity contribution < 1.29 is 39.9 Å². The highest BCUT2D eigenvalue weighted by molar-refractivity contribution is 7.90. The summed E-state index contributed by atoms with van der Waals surface area (Å²) in [6.45, 7) is -1.23. The monoisotopic (exact) mass is 474 g/mol. The number of sulfonamides is 2. The zero-order valence-electron chi connectivity index (χ0n) is 15.8. The van der Waals surface area contributed by atoms with Crippen molar-refractivity contribution in [3.8, 4) is 11.5 Å². The van der Waals surface area contributed by atoms with Crippen LogP contribution in [0.4, 0.5) is 8.78 Å². The lowest BCUT2D eigenvalue weighted by molar-refractivity contribution is -0.128. The van der Waals surface area contributed by atoms with Gasteiger partial charge in [-0.15, -0.1) is 0 Å². The van der Waals surface area contributed by atoms with Crippen LogP contribution < -0.4 is 9.47 Å². The van der Waals surface area contributed by atoms with E-state index in [0.29, 0.717) is 12.4 Å². The number of fused-ring (bicyclic) bond motifs is 1. The summed E-state index contributed by atoms with van der Waals surface area (Å²) < 4.78 is 90.9. The van der Waals surface area contributed by atoms with E-state index in [2.05, 4.69) is 0 Å². The van der Waals surface area contributed by atoms with E-state index >= 15 is 0 Å². The Bertz CT molecular complexity index is 1250. The minimum absolute atomic E-state index is 0.166. The molecule has 2 aliphatic rings. The zero-order chi connectivity index (χ0) is 22.4. The largest absolute Gasteiger partial charge is 0.486 e. The second-order valence-electron chi connectivity index (χ2n) is 6.67. The lowest BCUT2D eigenvalue weighted by Gasteiger charge is -2.33. The van der Waals surface area contributed by atoms with Gasteiger partial charge in [-0.2, -0.15) is 4.31 Å². The van der Waals surface area contributed by atoms with E-state index in [1.165, 1.54) is 18.2 Å². The number of rotatable bonds is 4. The number of carbonyl (C=O) groups excluding carboxylic acids is 1. The van der Waals surface area contributed by atoms with E-state index in [4.69, 9.17) is 9.47 Å². The summed E-state index contributed by atoms with van der Waals surface area (Å²) in [5.41, 5.74) is 0. The Morgan fingerprint density at radius 1 is 0.839 bits per heavy atom. The Labute approximate surface area is 176 Å². The van der Waals surface area contributed by atoms with Gasteiger partial charge in [-0.05, 0) is 24.3 Å². The van der Waals surface area contributed by atoms with Crippen LogP contribution in [-0.4, -0.2) is 64.2 Å². The van der Waals surface area contributed by atoms with Crippen molar-refractivity contribution in [3.63, 3.8) is 0 Å². The summed E-state index contributed by atoms with van der Waals surface area (Å²) in [5, 5.41) is 0. The van der Waals surface area contributed by atoms with Crippen molar-refractivity contribution in [3.05, 3.63) is 48.0 Å². The number of hydrogen-bond acceptors (Lipinski definition) is 7. The highest BCUT2D eigenvalue weighted by Crippen LogP contribution is 2.33. The molecular formula is C18H16F2N2O7S2. The van der Waals surface area contributed by atoms with Gasteiger partial charge in [0.25, 0.3) is 15.9 Å². The van der Waals surface area contributed by atoms with Crippen molar-refractivity contribution in [2.75, 3.05) is 32.8 Å². The van der Waals surface area contributed by atoms with E-state index < -0.39 is 62.1 Å². The van der Waals surface area contributed by atoms with E-state index in [1.807, 2.05) is 0 Å². The van der Waals surface area contributed by atoms with Crippen LogP contribution in [0.2, 0.25) is 0 Å². The number of amides is 1. The van der Waals surface area contributed by atoms with Crippen LogP contribution in [0, 0.1) is 11.6 Å². The highest BCUT2D eigenvalue weighted by atomic mass is 32.2. The van der Waals surface area contributed by atoms with Crippen molar-refractivity contribution >= 4 is 26.0 Å². The van der Waals surface area contributed by atoms with Crippen molar-refractivity contribution in [2.24, 2.45) is 0 Å². The molecule has 9 nitrogen and oxygen atoms in total. The molecule has 0 N–H and O–H groups in total. The van der Waals surface area contributed by atoms with Gasteiger partial charge in [0.05, 0.1) is 18.0 Å². The van der Waals surface area contributed by atoms with Gasteiger partial charge in [0, 0.05) is 12.6 Å². The third-order valence-corrected chi connectivity index (χ3v) is 8.47. The molecule has 0 saturated carbocycles. The van der Waals surface area contributed by atoms with Gasteiger partial charge < -0.3 is 9.47 Å². The maximum absolute atomic E-state index is 14.0. The van der Waals surface area contributed by atoms with Crippen LogP contribution in [0.3, 0.4) is 0 Å². The summed E-state index contributed by atoms with van der Waals surface area (Å²) in [4.78, 5) is 11.1. The predicted molar refractivity (Wildman–Crippen MR) is 101 cm³/mol. The zero-order valence-corrected chi connectivity index (χ0v) is 17.5. The van der Waals surface area contributed by atoms with Crippen LogP contribution in [0.25, 0.3) is 0 Å². The third-order valence-electron chi connectivity index (χ3n) is 4.76. The summed E-state index contributed by atoms with van der Waals surface area (Å²) in [7, 11) is -9.01. The second kappa shape index (κ2) is 7.73. The average Bonchev–Trinajstić information content (AvgIpc) is 2.72. The molecule has 0 unspecified atom stereocenters. The lowest BCUT2D eigenvalue weighted by atomic mass is 10.3. The van der Waals surface area contributed by atoms with Gasteiger partial charge >= 0.3 is 0 Å². The maximum Gasteiger partial charge on any atom is 0.272 e. The van der Waals surface area contributed by atoms with Crippen LogP contribution in [0.5, 0.6) is 11.5 Å². The smallest absolute Gasteiger partial charge is 0.272 e. The number of halogens is 2. The Balaban J connectivity index is 1.59. The molecular weight excluding hydrogens is 458 g/mol. The fourth-order valence-electron chi connectivity index (χ4n) is 3.27. The standard InChI is InChI=1S/C18H16F2N2O7S2/c19-13-2-1-3-14(20)18(13)31(26,27)22-7-6-21(11-17(22)23)30(24,25)12-4-5-15-16(10-12)29-9-8-28-15/h1-5,10H,6-9,11H2. The van der Waals surface area contributed by atoms with Crippen LogP contribution in [-0.2, 0) is 24.8 Å². The molecule has 1 fully saturated rings. The van der Waals surface area contributed by atoms with Gasteiger partial charge in [0.1, 0.15) is 24.8 Å². The number of carbonyl (C=O) groups is 1. The van der Waals surface area contributed by atoms with E-state index in [1.54, 1.807) is 0 Å². The predicted octanol–water partition coefficient (Wildman–Crippen LogP) is 0.958. The highest BCUT2D eigenvalue weighted by Gasteiger charge is 2.40. The molecule has 0 atom stereocenters. The van der Waals surface area contributed by atoms with Gasteiger partial charge in [-0.1, -0.05) is 6.07 Å². The van der Waals surface area contributed by atoms with Gasteiger partial charge in [0.2, 0.25) is 10.0 Å². The van der Waals surface area contributed by atoms with Crippen LogP contribution in [0.1, 0.15) is 0 Å². The summed E-state index contributed by atoms with van der Waals surface area (Å²) in [6, 6.07) is 6.46. The molecule has 2 aromatic carbocycles. The fourth-order valence-corrected chi connectivity index (χ4v) is 6.16. The third kappa shape index (κ3) is 3.72. The quantitative estimate of drug-likeness (QED) is 0.649. The molecule has 0 radical (unpaired) electrons. The average molecular weight is 474 g/mol. The van der Waals surface area contributed by atoms with E-state index in [-0.39, 0.29) is 21.6 Å². The first kappa shape index (κ1) is 21.5. The Morgan fingerprint density at radius 3 is 2.13 bits per heavy atom. The Morgan fingerprint density at radius 2 is 1.48 bits per heavy atom. The van der Waals surface area contributed by atoms with E-state index in [0.717, 1.165) is 22.5 Å². The minimum Gasteiger partial charge on any atom is -0.486 e. The molecule has 2 aromatic rings. The molecule has 1 amide bonds. The molecule has 0 spiro atoms. The molecule has 2 aliphatic heterocycles. The lowest BCUT2D eigenvalue weighted by Crippen LogP contribution is -2.54. The number of piperazine rings is 1. The first-order valence-electron chi connectivity index (χ1n) is 9.02. The fraction of sp³-hybridized carbons (Fsp3) is 0.278. The SMILES string of the molecule is O=C1CN(S(=O)(=O)c2ccc3c(c2)OCCO3)CCN1S(=O)(=O)c1c(F)cccc1F. The van der Waals surface area contributed by atoms with Gasteiger partial charge in [-0.25, -0.2) is 29.9 Å². The molecule has 166 valence electrons. The maximum atomic E-state index is 14.0. The molecule has 1 saturated heterocycles. The van der Waals surface area contributed by atoms with Gasteiger partial charge in [0.15, 0.2) is 16.4 Å². The normalized spacial score (nSPS) is 17.6. The Hall–Kier alpha value is -2.77. The molecule has 31 heavy (non-hydrogen) atoms. The molecule has 0 aromatic heterocycles. The number of benzene rings is 2. The first-order valence-corrected chi connectivity index (χ1v) is 11.9. The van der Waals surface area contributed by atoms with Crippen molar-refractivity contribution in [1.29, 1.82) is 0 Å². The van der Waals surface area contributed by atoms with E-state index in [9.17, 15) is 30.4 Å². The van der Waals surface area contributed by atoms with Crippen LogP contribution >= 0.6 is 0 Å². The minimum atomic E-state index is -4.84. The summed E-state index contributed by atoms with van der Waals surface area (Å²) in [6.07, 6.45) is 0. The first-order chi connectivity index (χ1) is 14.6. The topological polar surface area (TPSA) is 110 Å². The van der Waals surface area contributed by atoms with Crippen molar-refractivity contribution in [1.82, 2.24) is 8.61 Å². The Kier molecular flexibility index (Phi) is 5.35.